The van der Waals surface area contributed by atoms with E-state index >= 15 is 0 Å². The predicted octanol–water partition coefficient (Wildman–Crippen LogP) is 2.53. The van der Waals surface area contributed by atoms with Crippen molar-refractivity contribution in [3.8, 4) is 5.88 Å². The van der Waals surface area contributed by atoms with E-state index in [1.807, 2.05) is 18.2 Å². The zero-order valence-corrected chi connectivity index (χ0v) is 11.4. The Bertz CT molecular complexity index is 555. The second-order valence-corrected chi connectivity index (χ2v) is 4.70. The molecule has 0 aliphatic carbocycles. The lowest BCUT2D eigenvalue weighted by atomic mass is 10.0. The van der Waals surface area contributed by atoms with Crippen LogP contribution in [0.25, 0.3) is 10.8 Å². The Labute approximate surface area is 118 Å². The summed E-state index contributed by atoms with van der Waals surface area (Å²) in [5.41, 5.74) is 1.08. The van der Waals surface area contributed by atoms with Gasteiger partial charge in [-0.1, -0.05) is 6.07 Å². The molecule has 0 spiro atoms. The summed E-state index contributed by atoms with van der Waals surface area (Å²) in [5, 5.41) is 18.5. The molecule has 1 aromatic carbocycles. The van der Waals surface area contributed by atoms with Crippen LogP contribution >= 0.6 is 12.4 Å². The van der Waals surface area contributed by atoms with Gasteiger partial charge in [-0.15, -0.1) is 12.4 Å². The first-order valence-electron chi connectivity index (χ1n) is 6.38. The third-order valence-electron chi connectivity index (χ3n) is 3.48. The Hall–Kier alpha value is -1.52. The number of nitrogens with zero attached hydrogens (tertiary/aromatic N) is 1. The minimum atomic E-state index is 0. The normalized spacial score (nSPS) is 16.0. The largest absolute Gasteiger partial charge is 0.493 e. The molecule has 0 unspecified atom stereocenters. The molecule has 1 fully saturated rings. The van der Waals surface area contributed by atoms with E-state index in [-0.39, 0.29) is 18.3 Å². The van der Waals surface area contributed by atoms with Crippen LogP contribution in [-0.2, 0) is 0 Å². The average molecular weight is 280 g/mol. The van der Waals surface area contributed by atoms with E-state index in [0.29, 0.717) is 6.04 Å². The van der Waals surface area contributed by atoms with Gasteiger partial charge in [0.1, 0.15) is 0 Å². The molecule has 4 nitrogen and oxygen atoms in total. The van der Waals surface area contributed by atoms with Gasteiger partial charge in [0.25, 0.3) is 0 Å². The number of rotatable bonds is 2. The van der Waals surface area contributed by atoms with Crippen LogP contribution in [-0.4, -0.2) is 29.2 Å². The monoisotopic (exact) mass is 279 g/mol. The number of hydrogen-bond acceptors (Lipinski definition) is 4. The second kappa shape index (κ2) is 6.08. The van der Waals surface area contributed by atoms with E-state index in [1.165, 1.54) is 0 Å². The first kappa shape index (κ1) is 13.9. The smallest absolute Gasteiger partial charge is 0.218 e. The van der Waals surface area contributed by atoms with Gasteiger partial charge in [-0.05, 0) is 44.1 Å². The number of aromatic nitrogens is 1. The van der Waals surface area contributed by atoms with Gasteiger partial charge in [0.05, 0.1) is 0 Å². The number of anilines is 1. The maximum atomic E-state index is 9.75. The Morgan fingerprint density at radius 1 is 1.16 bits per heavy atom. The van der Waals surface area contributed by atoms with Crippen LogP contribution in [0.1, 0.15) is 12.8 Å². The fourth-order valence-electron chi connectivity index (χ4n) is 2.50. The van der Waals surface area contributed by atoms with Crippen molar-refractivity contribution in [1.29, 1.82) is 0 Å². The molecule has 0 atom stereocenters. The van der Waals surface area contributed by atoms with Crippen LogP contribution in [0.5, 0.6) is 5.88 Å². The van der Waals surface area contributed by atoms with E-state index in [4.69, 9.17) is 0 Å². The number of benzene rings is 1. The molecule has 0 radical (unpaired) electrons. The molecule has 19 heavy (non-hydrogen) atoms. The van der Waals surface area contributed by atoms with Gasteiger partial charge in [-0.2, -0.15) is 0 Å². The Morgan fingerprint density at radius 3 is 2.74 bits per heavy atom. The van der Waals surface area contributed by atoms with E-state index in [2.05, 4.69) is 21.7 Å². The first-order valence-corrected chi connectivity index (χ1v) is 6.38. The molecule has 102 valence electrons. The molecule has 0 amide bonds. The van der Waals surface area contributed by atoms with E-state index < -0.39 is 0 Å². The topological polar surface area (TPSA) is 57.2 Å². The highest BCUT2D eigenvalue weighted by molar-refractivity contribution is 5.96. The number of hydrogen-bond donors (Lipinski definition) is 3. The van der Waals surface area contributed by atoms with Gasteiger partial charge in [-0.25, -0.2) is 4.98 Å². The molecule has 5 heteroatoms. The number of piperidine rings is 1. The van der Waals surface area contributed by atoms with Crippen molar-refractivity contribution in [2.45, 2.75) is 18.9 Å². The lowest BCUT2D eigenvalue weighted by molar-refractivity contribution is 0.460. The Balaban J connectivity index is 0.00000133. The zero-order valence-electron chi connectivity index (χ0n) is 10.6. The van der Waals surface area contributed by atoms with Crippen LogP contribution in [0.15, 0.2) is 30.5 Å². The van der Waals surface area contributed by atoms with Gasteiger partial charge in [0.2, 0.25) is 5.88 Å². The predicted molar refractivity (Wildman–Crippen MR) is 80.2 cm³/mol. The van der Waals surface area contributed by atoms with Crippen molar-refractivity contribution in [1.82, 2.24) is 10.3 Å². The minimum absolute atomic E-state index is 0. The quantitative estimate of drug-likeness (QED) is 0.791. The molecule has 3 rings (SSSR count). The molecule has 1 aliphatic heterocycles. The van der Waals surface area contributed by atoms with Crippen molar-refractivity contribution >= 4 is 28.9 Å². The highest BCUT2D eigenvalue weighted by Crippen LogP contribution is 2.29. The summed E-state index contributed by atoms with van der Waals surface area (Å²) in [6.07, 6.45) is 3.91. The zero-order chi connectivity index (χ0) is 12.4. The molecule has 0 bridgehead atoms. The van der Waals surface area contributed by atoms with Crippen molar-refractivity contribution in [3.05, 3.63) is 30.5 Å². The standard InChI is InChI=1S/C14H17N3O.ClH/c18-14-12-2-1-3-13(11(12)6-9-16-14)17-10-4-7-15-8-5-10;/h1-3,6,9-10,15,17H,4-5,7-8H2,(H,16,18);1H. The Morgan fingerprint density at radius 2 is 1.95 bits per heavy atom. The summed E-state index contributed by atoms with van der Waals surface area (Å²) in [7, 11) is 0. The van der Waals surface area contributed by atoms with Crippen molar-refractivity contribution < 1.29 is 5.11 Å². The molecule has 3 N–H and O–H groups in total. The number of aromatic hydroxyl groups is 1. The summed E-state index contributed by atoms with van der Waals surface area (Å²) >= 11 is 0. The maximum Gasteiger partial charge on any atom is 0.218 e. The van der Waals surface area contributed by atoms with Gasteiger partial charge < -0.3 is 15.7 Å². The number of fused-ring (bicyclic) bond motifs is 1. The molecular formula is C14H18ClN3O. The van der Waals surface area contributed by atoms with E-state index in [9.17, 15) is 5.11 Å². The van der Waals surface area contributed by atoms with E-state index in [0.717, 1.165) is 42.4 Å². The minimum Gasteiger partial charge on any atom is -0.493 e. The summed E-state index contributed by atoms with van der Waals surface area (Å²) in [5.74, 6) is 0.0986. The number of halogens is 1. The molecule has 2 heterocycles. The third-order valence-corrected chi connectivity index (χ3v) is 3.48. The van der Waals surface area contributed by atoms with Crippen LogP contribution in [0.4, 0.5) is 5.69 Å². The third kappa shape index (κ3) is 2.91. The second-order valence-electron chi connectivity index (χ2n) is 4.70. The highest BCUT2D eigenvalue weighted by Gasteiger charge is 2.14. The maximum absolute atomic E-state index is 9.75. The summed E-state index contributed by atoms with van der Waals surface area (Å²) in [6, 6.07) is 8.35. The molecular weight excluding hydrogens is 262 g/mol. The van der Waals surface area contributed by atoms with Crippen LogP contribution < -0.4 is 10.6 Å². The van der Waals surface area contributed by atoms with Crippen molar-refractivity contribution in [3.63, 3.8) is 0 Å². The number of nitrogens with one attached hydrogen (secondary N) is 2. The number of pyridine rings is 1. The molecule has 2 aromatic rings. The lowest BCUT2D eigenvalue weighted by Gasteiger charge is -2.25. The molecule has 1 aromatic heterocycles. The van der Waals surface area contributed by atoms with E-state index in [1.54, 1.807) is 6.20 Å². The molecule has 1 aliphatic rings. The van der Waals surface area contributed by atoms with Gasteiger partial charge in [0.15, 0.2) is 0 Å². The van der Waals surface area contributed by atoms with Crippen molar-refractivity contribution in [2.24, 2.45) is 0 Å². The van der Waals surface area contributed by atoms with Gasteiger partial charge in [0, 0.05) is 28.7 Å². The van der Waals surface area contributed by atoms with Crippen LogP contribution in [0.3, 0.4) is 0 Å². The van der Waals surface area contributed by atoms with Gasteiger partial charge >= 0.3 is 0 Å². The fraction of sp³-hybridized carbons (Fsp3) is 0.357. The van der Waals surface area contributed by atoms with Crippen LogP contribution in [0.2, 0.25) is 0 Å². The SMILES string of the molecule is Cl.Oc1nccc2c(NC3CCNCC3)cccc12. The Kier molecular flexibility index (Phi) is 4.45. The summed E-state index contributed by atoms with van der Waals surface area (Å²) in [4.78, 5) is 3.91. The van der Waals surface area contributed by atoms with Crippen LogP contribution in [0, 0.1) is 0 Å². The average Bonchev–Trinajstić information content (AvgIpc) is 2.41. The lowest BCUT2D eigenvalue weighted by Crippen LogP contribution is -2.35. The molecule has 1 saturated heterocycles. The summed E-state index contributed by atoms with van der Waals surface area (Å²) in [6.45, 7) is 2.13. The first-order chi connectivity index (χ1) is 8.84. The van der Waals surface area contributed by atoms with Crippen molar-refractivity contribution in [2.75, 3.05) is 18.4 Å². The van der Waals surface area contributed by atoms with Gasteiger partial charge in [-0.3, -0.25) is 0 Å². The summed E-state index contributed by atoms with van der Waals surface area (Å²) < 4.78 is 0. The fourth-order valence-corrected chi connectivity index (χ4v) is 2.50. The highest BCUT2D eigenvalue weighted by atomic mass is 35.5. The molecule has 0 saturated carbocycles.